The number of pyridine rings is 1. The van der Waals surface area contributed by atoms with Gasteiger partial charge < -0.3 is 11.1 Å². The van der Waals surface area contributed by atoms with Crippen LogP contribution in [0.3, 0.4) is 0 Å². The van der Waals surface area contributed by atoms with E-state index in [0.717, 1.165) is 32.5 Å². The van der Waals surface area contributed by atoms with Crippen molar-refractivity contribution in [2.24, 2.45) is 5.73 Å². The minimum atomic E-state index is -0.421. The maximum absolute atomic E-state index is 11.5. The molecule has 0 aliphatic carbocycles. The molecule has 1 aliphatic rings. The van der Waals surface area contributed by atoms with E-state index in [1.807, 2.05) is 24.5 Å². The van der Waals surface area contributed by atoms with E-state index in [1.165, 1.54) is 5.56 Å². The first-order chi connectivity index (χ1) is 9.15. The average molecular weight is 262 g/mol. The number of rotatable bonds is 4. The standard InChI is InChI=1S/C14H22N4O/c1-11(15)14(19)17-13-4-8-18(9-5-13)10-12-2-6-16-7-3-12/h2-3,6-7,11,13H,4-5,8-10,15H2,1H3,(H,17,19)/t11-/m1/s1. The van der Waals surface area contributed by atoms with Gasteiger partial charge in [0.25, 0.3) is 0 Å². The number of hydrogen-bond donors (Lipinski definition) is 2. The number of nitrogens with zero attached hydrogens (tertiary/aromatic N) is 2. The summed E-state index contributed by atoms with van der Waals surface area (Å²) in [5.41, 5.74) is 6.84. The second kappa shape index (κ2) is 6.63. The number of carbonyl (C=O) groups excluding carboxylic acids is 1. The van der Waals surface area contributed by atoms with Crippen molar-refractivity contribution in [1.82, 2.24) is 15.2 Å². The quantitative estimate of drug-likeness (QED) is 0.829. The van der Waals surface area contributed by atoms with Crippen molar-refractivity contribution >= 4 is 5.91 Å². The van der Waals surface area contributed by atoms with Gasteiger partial charge in [0.1, 0.15) is 0 Å². The number of piperidine rings is 1. The highest BCUT2D eigenvalue weighted by atomic mass is 16.2. The lowest BCUT2D eigenvalue weighted by Gasteiger charge is -2.32. The predicted molar refractivity (Wildman–Crippen MR) is 74.3 cm³/mol. The number of nitrogens with one attached hydrogen (secondary N) is 1. The third-order valence-corrected chi connectivity index (χ3v) is 3.50. The van der Waals surface area contributed by atoms with Crippen LogP contribution in [-0.2, 0) is 11.3 Å². The molecular formula is C14H22N4O. The molecule has 5 nitrogen and oxygen atoms in total. The maximum atomic E-state index is 11.5. The average Bonchev–Trinajstić information content (AvgIpc) is 2.42. The van der Waals surface area contributed by atoms with Crippen LogP contribution >= 0.6 is 0 Å². The molecule has 1 aromatic heterocycles. The first-order valence-corrected chi connectivity index (χ1v) is 6.82. The molecule has 19 heavy (non-hydrogen) atoms. The van der Waals surface area contributed by atoms with Gasteiger partial charge in [-0.05, 0) is 37.5 Å². The molecule has 0 aromatic carbocycles. The molecule has 0 radical (unpaired) electrons. The molecule has 0 bridgehead atoms. The first kappa shape index (κ1) is 14.0. The van der Waals surface area contributed by atoms with Crippen molar-refractivity contribution in [2.45, 2.75) is 38.4 Å². The fourth-order valence-electron chi connectivity index (χ4n) is 2.31. The molecule has 3 N–H and O–H groups in total. The van der Waals surface area contributed by atoms with Crippen molar-refractivity contribution in [3.8, 4) is 0 Å². The van der Waals surface area contributed by atoms with Gasteiger partial charge in [-0.25, -0.2) is 0 Å². The van der Waals surface area contributed by atoms with E-state index in [0.29, 0.717) is 0 Å². The Morgan fingerprint density at radius 3 is 2.68 bits per heavy atom. The molecule has 1 fully saturated rings. The van der Waals surface area contributed by atoms with Crippen LogP contribution in [0.1, 0.15) is 25.3 Å². The topological polar surface area (TPSA) is 71.2 Å². The molecule has 0 unspecified atom stereocenters. The number of hydrogen-bond acceptors (Lipinski definition) is 4. The smallest absolute Gasteiger partial charge is 0.236 e. The third-order valence-electron chi connectivity index (χ3n) is 3.50. The predicted octanol–water partition coefficient (Wildman–Crippen LogP) is 0.509. The highest BCUT2D eigenvalue weighted by molar-refractivity contribution is 5.81. The SMILES string of the molecule is C[C@@H](N)C(=O)NC1CCN(Cc2ccncc2)CC1. The summed E-state index contributed by atoms with van der Waals surface area (Å²) in [6.07, 6.45) is 5.63. The van der Waals surface area contributed by atoms with Crippen molar-refractivity contribution in [1.29, 1.82) is 0 Å². The van der Waals surface area contributed by atoms with Crippen molar-refractivity contribution in [2.75, 3.05) is 13.1 Å². The Bertz CT molecular complexity index is 399. The van der Waals surface area contributed by atoms with Gasteiger partial charge in [-0.2, -0.15) is 0 Å². The summed E-state index contributed by atoms with van der Waals surface area (Å²) in [7, 11) is 0. The molecule has 1 atom stereocenters. The lowest BCUT2D eigenvalue weighted by molar-refractivity contribution is -0.123. The van der Waals surface area contributed by atoms with Crippen LogP contribution in [0.4, 0.5) is 0 Å². The second-order valence-corrected chi connectivity index (χ2v) is 5.20. The fraction of sp³-hybridized carbons (Fsp3) is 0.571. The summed E-state index contributed by atoms with van der Waals surface area (Å²) in [4.78, 5) is 18.0. The zero-order chi connectivity index (χ0) is 13.7. The highest BCUT2D eigenvalue weighted by Gasteiger charge is 2.21. The molecule has 2 rings (SSSR count). The minimum Gasteiger partial charge on any atom is -0.352 e. The summed E-state index contributed by atoms with van der Waals surface area (Å²) in [5.74, 6) is -0.0485. The van der Waals surface area contributed by atoms with E-state index in [-0.39, 0.29) is 11.9 Å². The fourth-order valence-corrected chi connectivity index (χ4v) is 2.31. The van der Waals surface area contributed by atoms with E-state index >= 15 is 0 Å². The summed E-state index contributed by atoms with van der Waals surface area (Å²) >= 11 is 0. The highest BCUT2D eigenvalue weighted by Crippen LogP contribution is 2.13. The lowest BCUT2D eigenvalue weighted by Crippen LogP contribution is -2.48. The van der Waals surface area contributed by atoms with Crippen molar-refractivity contribution < 1.29 is 4.79 Å². The van der Waals surface area contributed by atoms with Crippen LogP contribution < -0.4 is 11.1 Å². The monoisotopic (exact) mass is 262 g/mol. The Balaban J connectivity index is 1.75. The lowest BCUT2D eigenvalue weighted by atomic mass is 10.0. The van der Waals surface area contributed by atoms with Crippen LogP contribution in [0.25, 0.3) is 0 Å². The van der Waals surface area contributed by atoms with Crippen LogP contribution in [-0.4, -0.2) is 41.0 Å². The largest absolute Gasteiger partial charge is 0.352 e. The second-order valence-electron chi connectivity index (χ2n) is 5.20. The number of carbonyl (C=O) groups is 1. The Hall–Kier alpha value is -1.46. The van der Waals surface area contributed by atoms with E-state index in [9.17, 15) is 4.79 Å². The van der Waals surface area contributed by atoms with Crippen LogP contribution in [0.15, 0.2) is 24.5 Å². The van der Waals surface area contributed by atoms with Gasteiger partial charge in [-0.1, -0.05) is 0 Å². The molecule has 0 spiro atoms. The van der Waals surface area contributed by atoms with Crippen molar-refractivity contribution in [3.63, 3.8) is 0 Å². The van der Waals surface area contributed by atoms with Crippen LogP contribution in [0.5, 0.6) is 0 Å². The van der Waals surface area contributed by atoms with E-state index in [1.54, 1.807) is 6.92 Å². The molecule has 5 heteroatoms. The molecule has 1 amide bonds. The normalized spacial score (nSPS) is 19.1. The molecule has 2 heterocycles. The minimum absolute atomic E-state index is 0.0485. The van der Waals surface area contributed by atoms with Crippen LogP contribution in [0, 0.1) is 0 Å². The molecule has 1 aliphatic heterocycles. The Morgan fingerprint density at radius 2 is 2.11 bits per heavy atom. The molecule has 104 valence electrons. The molecule has 1 aromatic rings. The van der Waals surface area contributed by atoms with Gasteiger partial charge in [0.05, 0.1) is 6.04 Å². The molecule has 1 saturated heterocycles. The molecule has 0 saturated carbocycles. The number of amides is 1. The van der Waals surface area contributed by atoms with Crippen LogP contribution in [0.2, 0.25) is 0 Å². The third kappa shape index (κ3) is 4.29. The van der Waals surface area contributed by atoms with Gasteiger partial charge in [-0.15, -0.1) is 0 Å². The van der Waals surface area contributed by atoms with E-state index < -0.39 is 6.04 Å². The molecular weight excluding hydrogens is 240 g/mol. The summed E-state index contributed by atoms with van der Waals surface area (Å²) in [5, 5.41) is 3.00. The summed E-state index contributed by atoms with van der Waals surface area (Å²) in [6, 6.07) is 3.94. The Morgan fingerprint density at radius 1 is 1.47 bits per heavy atom. The first-order valence-electron chi connectivity index (χ1n) is 6.82. The Labute approximate surface area is 114 Å². The number of nitrogens with two attached hydrogens (primary N) is 1. The van der Waals surface area contributed by atoms with E-state index in [4.69, 9.17) is 5.73 Å². The van der Waals surface area contributed by atoms with Gasteiger partial charge >= 0.3 is 0 Å². The van der Waals surface area contributed by atoms with Gasteiger partial charge in [0.2, 0.25) is 5.91 Å². The van der Waals surface area contributed by atoms with Gasteiger partial charge in [-0.3, -0.25) is 14.7 Å². The van der Waals surface area contributed by atoms with Crippen molar-refractivity contribution in [3.05, 3.63) is 30.1 Å². The Kier molecular flexibility index (Phi) is 4.87. The number of likely N-dealkylation sites (tertiary alicyclic amines) is 1. The van der Waals surface area contributed by atoms with Gasteiger partial charge in [0.15, 0.2) is 0 Å². The number of aromatic nitrogens is 1. The zero-order valence-corrected chi connectivity index (χ0v) is 11.4. The van der Waals surface area contributed by atoms with E-state index in [2.05, 4.69) is 15.2 Å². The zero-order valence-electron chi connectivity index (χ0n) is 11.4. The summed E-state index contributed by atoms with van der Waals surface area (Å²) < 4.78 is 0. The van der Waals surface area contributed by atoms with Gasteiger partial charge in [0, 0.05) is 38.1 Å². The summed E-state index contributed by atoms with van der Waals surface area (Å²) in [6.45, 7) is 4.68. The maximum Gasteiger partial charge on any atom is 0.236 e.